The highest BCUT2D eigenvalue weighted by Gasteiger charge is 2.11. The van der Waals surface area contributed by atoms with Gasteiger partial charge in [0.2, 0.25) is 0 Å². The zero-order valence-corrected chi connectivity index (χ0v) is 12.7. The van der Waals surface area contributed by atoms with Crippen LogP contribution < -0.4 is 5.32 Å². The van der Waals surface area contributed by atoms with Crippen LogP contribution in [-0.2, 0) is 0 Å². The third-order valence-electron chi connectivity index (χ3n) is 3.97. The molecule has 3 nitrogen and oxygen atoms in total. The fraction of sp³-hybridized carbons (Fsp3) is 1.00. The van der Waals surface area contributed by atoms with Crippen molar-refractivity contribution in [2.24, 2.45) is 0 Å². The molecule has 0 bridgehead atoms. The lowest BCUT2D eigenvalue weighted by Gasteiger charge is -2.21. The number of likely N-dealkylation sites (N-methyl/N-ethyl adjacent to an activating group) is 1. The second-order valence-electron chi connectivity index (χ2n) is 5.85. The summed E-state index contributed by atoms with van der Waals surface area (Å²) in [5, 5.41) is 3.67. The van der Waals surface area contributed by atoms with Gasteiger partial charge >= 0.3 is 0 Å². The first-order chi connectivity index (χ1) is 8.72. The van der Waals surface area contributed by atoms with E-state index in [4.69, 9.17) is 0 Å². The molecule has 0 aromatic carbocycles. The van der Waals surface area contributed by atoms with E-state index in [9.17, 15) is 0 Å². The van der Waals surface area contributed by atoms with Gasteiger partial charge in [-0.05, 0) is 39.9 Å². The van der Waals surface area contributed by atoms with Crippen molar-refractivity contribution in [1.82, 2.24) is 15.1 Å². The quantitative estimate of drug-likeness (QED) is 0.671. The van der Waals surface area contributed by atoms with Gasteiger partial charge in [0.05, 0.1) is 0 Å². The molecule has 3 heteroatoms. The Morgan fingerprint density at radius 3 is 2.72 bits per heavy atom. The number of nitrogens with zero attached hydrogens (tertiary/aromatic N) is 2. The molecule has 0 aromatic rings. The minimum atomic E-state index is 0.686. The van der Waals surface area contributed by atoms with Crippen LogP contribution in [0.5, 0.6) is 0 Å². The van der Waals surface area contributed by atoms with Crippen LogP contribution in [0.3, 0.4) is 0 Å². The summed E-state index contributed by atoms with van der Waals surface area (Å²) in [7, 11) is 2.23. The van der Waals surface area contributed by atoms with Gasteiger partial charge in [0.25, 0.3) is 0 Å². The Labute approximate surface area is 114 Å². The van der Waals surface area contributed by atoms with Crippen LogP contribution in [-0.4, -0.2) is 62.2 Å². The van der Waals surface area contributed by atoms with Crippen molar-refractivity contribution in [1.29, 1.82) is 0 Å². The van der Waals surface area contributed by atoms with E-state index in [1.807, 2.05) is 0 Å². The normalized spacial score (nSPS) is 20.8. The summed E-state index contributed by atoms with van der Waals surface area (Å²) in [6, 6.07) is 0.686. The molecule has 1 aliphatic rings. The number of hydrogen-bond acceptors (Lipinski definition) is 3. The SMILES string of the molecule is CCCCCC(C)NCCN1CCCN(C)CC1. The Kier molecular flexibility index (Phi) is 8.64. The maximum Gasteiger partial charge on any atom is 0.0110 e. The Bertz CT molecular complexity index is 196. The summed E-state index contributed by atoms with van der Waals surface area (Å²) < 4.78 is 0. The van der Waals surface area contributed by atoms with Crippen LogP contribution in [0.4, 0.5) is 0 Å². The number of nitrogens with one attached hydrogen (secondary N) is 1. The van der Waals surface area contributed by atoms with Gasteiger partial charge in [0.15, 0.2) is 0 Å². The van der Waals surface area contributed by atoms with Crippen molar-refractivity contribution in [3.8, 4) is 0 Å². The lowest BCUT2D eigenvalue weighted by molar-refractivity contribution is 0.271. The minimum absolute atomic E-state index is 0.686. The molecular weight excluding hydrogens is 222 g/mol. The van der Waals surface area contributed by atoms with Gasteiger partial charge < -0.3 is 15.1 Å². The largest absolute Gasteiger partial charge is 0.313 e. The minimum Gasteiger partial charge on any atom is -0.313 e. The topological polar surface area (TPSA) is 18.5 Å². The summed E-state index contributed by atoms with van der Waals surface area (Å²) in [4.78, 5) is 5.05. The summed E-state index contributed by atoms with van der Waals surface area (Å²) in [5.41, 5.74) is 0. The fourth-order valence-corrected chi connectivity index (χ4v) is 2.60. The van der Waals surface area contributed by atoms with E-state index in [2.05, 4.69) is 36.0 Å². The van der Waals surface area contributed by atoms with Gasteiger partial charge in [0, 0.05) is 32.2 Å². The summed E-state index contributed by atoms with van der Waals surface area (Å²) in [6.07, 6.45) is 6.73. The molecule has 0 aliphatic carbocycles. The van der Waals surface area contributed by atoms with E-state index in [1.165, 1.54) is 64.8 Å². The summed E-state index contributed by atoms with van der Waals surface area (Å²) in [6.45, 7) is 12.0. The number of rotatable bonds is 8. The highest BCUT2D eigenvalue weighted by Crippen LogP contribution is 2.03. The molecule has 1 unspecified atom stereocenters. The first kappa shape index (κ1) is 15.9. The van der Waals surface area contributed by atoms with Gasteiger partial charge in [-0.3, -0.25) is 0 Å². The molecule has 0 amide bonds. The second-order valence-corrected chi connectivity index (χ2v) is 5.85. The molecule has 1 rings (SSSR count). The van der Waals surface area contributed by atoms with Gasteiger partial charge in [-0.1, -0.05) is 26.2 Å². The Morgan fingerprint density at radius 1 is 1.11 bits per heavy atom. The molecule has 1 saturated heterocycles. The zero-order chi connectivity index (χ0) is 13.2. The lowest BCUT2D eigenvalue weighted by Crippen LogP contribution is -2.37. The third kappa shape index (κ3) is 7.34. The smallest absolute Gasteiger partial charge is 0.0110 e. The monoisotopic (exact) mass is 255 g/mol. The van der Waals surface area contributed by atoms with Gasteiger partial charge in [-0.15, -0.1) is 0 Å². The van der Waals surface area contributed by atoms with E-state index in [0.29, 0.717) is 6.04 Å². The standard InChI is InChI=1S/C15H33N3/c1-4-5-6-8-15(2)16-9-12-18-11-7-10-17(3)13-14-18/h15-16H,4-14H2,1-3H3. The maximum atomic E-state index is 3.67. The second kappa shape index (κ2) is 9.76. The van der Waals surface area contributed by atoms with Gasteiger partial charge in [-0.2, -0.15) is 0 Å². The van der Waals surface area contributed by atoms with Crippen molar-refractivity contribution < 1.29 is 0 Å². The molecule has 18 heavy (non-hydrogen) atoms. The van der Waals surface area contributed by atoms with Gasteiger partial charge in [-0.25, -0.2) is 0 Å². The predicted molar refractivity (Wildman–Crippen MR) is 80.2 cm³/mol. The number of hydrogen-bond donors (Lipinski definition) is 1. The van der Waals surface area contributed by atoms with Crippen LogP contribution in [0.15, 0.2) is 0 Å². The van der Waals surface area contributed by atoms with Crippen LogP contribution in [0, 0.1) is 0 Å². The van der Waals surface area contributed by atoms with E-state index in [0.717, 1.165) is 6.54 Å². The van der Waals surface area contributed by atoms with Crippen molar-refractivity contribution in [3.05, 3.63) is 0 Å². The molecule has 108 valence electrons. The fourth-order valence-electron chi connectivity index (χ4n) is 2.60. The van der Waals surface area contributed by atoms with E-state index < -0.39 is 0 Å². The highest BCUT2D eigenvalue weighted by molar-refractivity contribution is 4.69. The average molecular weight is 255 g/mol. The highest BCUT2D eigenvalue weighted by atomic mass is 15.2. The Morgan fingerprint density at radius 2 is 1.94 bits per heavy atom. The van der Waals surface area contributed by atoms with Crippen molar-refractivity contribution in [3.63, 3.8) is 0 Å². The Balaban J connectivity index is 2.02. The maximum absolute atomic E-state index is 3.67. The third-order valence-corrected chi connectivity index (χ3v) is 3.97. The molecule has 1 N–H and O–H groups in total. The van der Waals surface area contributed by atoms with Crippen LogP contribution in [0.25, 0.3) is 0 Å². The van der Waals surface area contributed by atoms with Crippen LogP contribution in [0.2, 0.25) is 0 Å². The molecule has 1 atom stereocenters. The molecule has 0 spiro atoms. The first-order valence-corrected chi connectivity index (χ1v) is 7.86. The summed E-state index contributed by atoms with van der Waals surface area (Å²) >= 11 is 0. The molecule has 0 saturated carbocycles. The summed E-state index contributed by atoms with van der Waals surface area (Å²) in [5.74, 6) is 0. The predicted octanol–water partition coefficient (Wildman–Crippen LogP) is 2.18. The lowest BCUT2D eigenvalue weighted by atomic mass is 10.1. The van der Waals surface area contributed by atoms with Crippen molar-refractivity contribution in [2.75, 3.05) is 46.3 Å². The number of unbranched alkanes of at least 4 members (excludes halogenated alkanes) is 2. The average Bonchev–Trinajstić information content (AvgIpc) is 2.55. The molecule has 0 radical (unpaired) electrons. The van der Waals surface area contributed by atoms with Crippen molar-refractivity contribution in [2.45, 2.75) is 52.0 Å². The molecule has 1 heterocycles. The zero-order valence-electron chi connectivity index (χ0n) is 12.7. The van der Waals surface area contributed by atoms with Gasteiger partial charge in [0.1, 0.15) is 0 Å². The van der Waals surface area contributed by atoms with Crippen LogP contribution in [0.1, 0.15) is 46.0 Å². The van der Waals surface area contributed by atoms with E-state index in [1.54, 1.807) is 0 Å². The molecular formula is C15H33N3. The van der Waals surface area contributed by atoms with E-state index >= 15 is 0 Å². The molecule has 0 aromatic heterocycles. The van der Waals surface area contributed by atoms with E-state index in [-0.39, 0.29) is 0 Å². The first-order valence-electron chi connectivity index (χ1n) is 7.86. The molecule has 1 fully saturated rings. The van der Waals surface area contributed by atoms with Crippen LogP contribution >= 0.6 is 0 Å². The Hall–Kier alpha value is -0.120. The van der Waals surface area contributed by atoms with Crippen molar-refractivity contribution >= 4 is 0 Å². The molecule has 1 aliphatic heterocycles.